The van der Waals surface area contributed by atoms with E-state index in [4.69, 9.17) is 9.47 Å². The predicted octanol–water partition coefficient (Wildman–Crippen LogP) is 1.29. The van der Waals surface area contributed by atoms with Gasteiger partial charge >= 0.3 is 5.97 Å². The summed E-state index contributed by atoms with van der Waals surface area (Å²) in [5.74, 6) is -1.68. The van der Waals surface area contributed by atoms with Gasteiger partial charge in [-0.05, 0) is 26.7 Å². The smallest absolute Gasteiger partial charge is 0.310 e. The summed E-state index contributed by atoms with van der Waals surface area (Å²) in [7, 11) is 0. The van der Waals surface area contributed by atoms with Crippen molar-refractivity contribution in [3.8, 4) is 0 Å². The molecule has 20 heavy (non-hydrogen) atoms. The van der Waals surface area contributed by atoms with Gasteiger partial charge in [-0.25, -0.2) is 0 Å². The fraction of sp³-hybridized carbons (Fsp3) is 0.857. The molecule has 1 saturated carbocycles. The van der Waals surface area contributed by atoms with E-state index in [1.165, 1.54) is 0 Å². The average molecular weight is 285 g/mol. The molecule has 2 rings (SSSR count). The number of carboxylic acids is 1. The Balaban J connectivity index is 1.79. The lowest BCUT2D eigenvalue weighted by molar-refractivity contribution is -0.151. The van der Waals surface area contributed by atoms with E-state index in [0.29, 0.717) is 26.0 Å². The number of hydrogen-bond acceptors (Lipinski definition) is 4. The van der Waals surface area contributed by atoms with Crippen LogP contribution in [0.15, 0.2) is 0 Å². The molecule has 6 heteroatoms. The fourth-order valence-corrected chi connectivity index (χ4v) is 2.98. The molecule has 2 aliphatic rings. The lowest BCUT2D eigenvalue weighted by atomic mass is 9.82. The first-order valence-corrected chi connectivity index (χ1v) is 7.15. The van der Waals surface area contributed by atoms with Crippen LogP contribution in [0.25, 0.3) is 0 Å². The van der Waals surface area contributed by atoms with Crippen LogP contribution < -0.4 is 5.32 Å². The van der Waals surface area contributed by atoms with Gasteiger partial charge in [-0.1, -0.05) is 12.8 Å². The van der Waals surface area contributed by atoms with Crippen molar-refractivity contribution < 1.29 is 24.2 Å². The van der Waals surface area contributed by atoms with Gasteiger partial charge < -0.3 is 19.9 Å². The number of carboxylic acid groups (broad SMARTS) is 1. The molecule has 1 aliphatic carbocycles. The summed E-state index contributed by atoms with van der Waals surface area (Å²) in [4.78, 5) is 23.3. The first-order valence-electron chi connectivity index (χ1n) is 7.15. The van der Waals surface area contributed by atoms with E-state index in [1.807, 2.05) is 13.8 Å². The summed E-state index contributed by atoms with van der Waals surface area (Å²) in [5.41, 5.74) is -0.865. The summed E-state index contributed by atoms with van der Waals surface area (Å²) in [6.07, 6.45) is 2.83. The maximum absolute atomic E-state index is 12.0. The number of ether oxygens (including phenoxy) is 2. The van der Waals surface area contributed by atoms with Gasteiger partial charge in [0.05, 0.1) is 12.0 Å². The molecule has 2 fully saturated rings. The van der Waals surface area contributed by atoms with E-state index in [2.05, 4.69) is 5.32 Å². The molecule has 1 saturated heterocycles. The molecule has 114 valence electrons. The predicted molar refractivity (Wildman–Crippen MR) is 71.1 cm³/mol. The van der Waals surface area contributed by atoms with Crippen LogP contribution in [0.4, 0.5) is 0 Å². The van der Waals surface area contributed by atoms with Crippen LogP contribution in [0.5, 0.6) is 0 Å². The molecular weight excluding hydrogens is 262 g/mol. The van der Waals surface area contributed by atoms with Gasteiger partial charge in [0.15, 0.2) is 5.79 Å². The van der Waals surface area contributed by atoms with Crippen LogP contribution in [0.1, 0.15) is 46.0 Å². The van der Waals surface area contributed by atoms with E-state index in [-0.39, 0.29) is 18.4 Å². The van der Waals surface area contributed by atoms with Crippen molar-refractivity contribution in [3.05, 3.63) is 0 Å². The van der Waals surface area contributed by atoms with Gasteiger partial charge in [0.2, 0.25) is 5.91 Å². The Morgan fingerprint density at radius 3 is 2.45 bits per heavy atom. The second-order valence-corrected chi connectivity index (χ2v) is 6.22. The van der Waals surface area contributed by atoms with Gasteiger partial charge in [0.1, 0.15) is 6.10 Å². The van der Waals surface area contributed by atoms with Gasteiger partial charge in [-0.3, -0.25) is 9.59 Å². The SMILES string of the molecule is CC1(C)OCC(CNC(=O)CC2(C(=O)O)CCCC2)O1. The molecule has 1 aliphatic heterocycles. The van der Waals surface area contributed by atoms with E-state index in [1.54, 1.807) is 0 Å². The lowest BCUT2D eigenvalue weighted by Gasteiger charge is -2.23. The summed E-state index contributed by atoms with van der Waals surface area (Å²) in [5, 5.41) is 12.1. The van der Waals surface area contributed by atoms with Crippen molar-refractivity contribution in [1.29, 1.82) is 0 Å². The summed E-state index contributed by atoms with van der Waals surface area (Å²) >= 11 is 0. The highest BCUT2D eigenvalue weighted by molar-refractivity contribution is 5.85. The van der Waals surface area contributed by atoms with Gasteiger partial charge in [-0.2, -0.15) is 0 Å². The van der Waals surface area contributed by atoms with Gasteiger partial charge in [0, 0.05) is 13.0 Å². The molecule has 0 aromatic rings. The summed E-state index contributed by atoms with van der Waals surface area (Å²) < 4.78 is 11.0. The molecule has 0 radical (unpaired) electrons. The first kappa shape index (κ1) is 15.3. The number of amides is 1. The number of aliphatic carboxylic acids is 1. The summed E-state index contributed by atoms with van der Waals surface area (Å²) in [6.45, 7) is 4.45. The summed E-state index contributed by atoms with van der Waals surface area (Å²) in [6, 6.07) is 0. The molecule has 0 spiro atoms. The molecule has 0 aromatic carbocycles. The third-order valence-corrected chi connectivity index (χ3v) is 4.11. The zero-order valence-electron chi connectivity index (χ0n) is 12.1. The third kappa shape index (κ3) is 3.49. The van der Waals surface area contributed by atoms with Gasteiger partial charge in [0.25, 0.3) is 0 Å². The Morgan fingerprint density at radius 1 is 1.30 bits per heavy atom. The minimum Gasteiger partial charge on any atom is -0.481 e. The van der Waals surface area contributed by atoms with E-state index < -0.39 is 17.2 Å². The lowest BCUT2D eigenvalue weighted by Crippen LogP contribution is -2.39. The van der Waals surface area contributed by atoms with Crippen LogP contribution >= 0.6 is 0 Å². The van der Waals surface area contributed by atoms with Crippen molar-refractivity contribution >= 4 is 11.9 Å². The molecule has 0 aromatic heterocycles. The van der Waals surface area contributed by atoms with Crippen molar-refractivity contribution in [2.75, 3.05) is 13.2 Å². The van der Waals surface area contributed by atoms with Crippen LogP contribution in [0.3, 0.4) is 0 Å². The molecule has 1 unspecified atom stereocenters. The Kier molecular flexibility index (Phi) is 4.34. The number of nitrogens with one attached hydrogen (secondary N) is 1. The number of rotatable bonds is 5. The van der Waals surface area contributed by atoms with Crippen molar-refractivity contribution in [2.24, 2.45) is 5.41 Å². The Hall–Kier alpha value is -1.14. The minimum absolute atomic E-state index is 0.0549. The molecule has 6 nitrogen and oxygen atoms in total. The zero-order chi connectivity index (χ0) is 14.8. The Labute approximate surface area is 118 Å². The molecule has 1 heterocycles. The average Bonchev–Trinajstić information content (AvgIpc) is 2.94. The second kappa shape index (κ2) is 5.69. The Morgan fingerprint density at radius 2 is 1.95 bits per heavy atom. The van der Waals surface area contributed by atoms with Crippen molar-refractivity contribution in [2.45, 2.75) is 57.8 Å². The second-order valence-electron chi connectivity index (χ2n) is 6.22. The number of hydrogen-bond donors (Lipinski definition) is 2. The first-order chi connectivity index (χ1) is 9.33. The highest BCUT2D eigenvalue weighted by Gasteiger charge is 2.43. The Bertz CT molecular complexity index is 387. The van der Waals surface area contributed by atoms with E-state index in [9.17, 15) is 14.7 Å². The van der Waals surface area contributed by atoms with E-state index >= 15 is 0 Å². The standard InChI is InChI=1S/C14H23NO5/c1-13(2)19-9-10(20-13)8-15-11(16)7-14(12(17)18)5-3-4-6-14/h10H,3-9H2,1-2H3,(H,15,16)(H,17,18). The molecule has 0 bridgehead atoms. The van der Waals surface area contributed by atoms with Crippen LogP contribution in [-0.4, -0.2) is 42.0 Å². The highest BCUT2D eigenvalue weighted by atomic mass is 16.7. The molecule has 1 atom stereocenters. The third-order valence-electron chi connectivity index (χ3n) is 4.11. The topological polar surface area (TPSA) is 84.9 Å². The molecular formula is C14H23NO5. The van der Waals surface area contributed by atoms with Crippen LogP contribution in [0.2, 0.25) is 0 Å². The van der Waals surface area contributed by atoms with Gasteiger partial charge in [-0.15, -0.1) is 0 Å². The quantitative estimate of drug-likeness (QED) is 0.795. The monoisotopic (exact) mass is 285 g/mol. The highest BCUT2D eigenvalue weighted by Crippen LogP contribution is 2.41. The number of carbonyl (C=O) groups excluding carboxylic acids is 1. The molecule has 1 amide bonds. The fourth-order valence-electron chi connectivity index (χ4n) is 2.98. The minimum atomic E-state index is -0.865. The molecule has 2 N–H and O–H groups in total. The number of carbonyl (C=O) groups is 2. The van der Waals surface area contributed by atoms with Crippen molar-refractivity contribution in [1.82, 2.24) is 5.32 Å². The van der Waals surface area contributed by atoms with E-state index in [0.717, 1.165) is 12.8 Å². The zero-order valence-corrected chi connectivity index (χ0v) is 12.1. The van der Waals surface area contributed by atoms with Crippen molar-refractivity contribution in [3.63, 3.8) is 0 Å². The normalized spacial score (nSPS) is 27.4. The largest absolute Gasteiger partial charge is 0.481 e. The van der Waals surface area contributed by atoms with Crippen LogP contribution in [-0.2, 0) is 19.1 Å². The maximum atomic E-state index is 12.0. The maximum Gasteiger partial charge on any atom is 0.310 e. The van der Waals surface area contributed by atoms with Crippen LogP contribution in [0, 0.1) is 5.41 Å².